The van der Waals surface area contributed by atoms with E-state index in [-0.39, 0.29) is 5.92 Å². The highest BCUT2D eigenvalue weighted by molar-refractivity contribution is 5.80. The van der Waals surface area contributed by atoms with Gasteiger partial charge in [0.1, 0.15) is 0 Å². The van der Waals surface area contributed by atoms with Crippen molar-refractivity contribution in [3.8, 4) is 0 Å². The van der Waals surface area contributed by atoms with Crippen LogP contribution in [0, 0.1) is 17.3 Å². The molecule has 3 rings (SSSR count). The molecule has 0 bridgehead atoms. The Hall–Kier alpha value is -0.610. The predicted molar refractivity (Wildman–Crippen MR) is 104 cm³/mol. The summed E-state index contributed by atoms with van der Waals surface area (Å²) in [5.41, 5.74) is 0.488. The fourth-order valence-electron chi connectivity index (χ4n) is 5.42. The summed E-state index contributed by atoms with van der Waals surface area (Å²) in [7, 11) is 1.98. The Kier molecular flexibility index (Phi) is 6.43. The van der Waals surface area contributed by atoms with Crippen LogP contribution in [0.4, 0.5) is 0 Å². The van der Waals surface area contributed by atoms with Crippen molar-refractivity contribution in [1.29, 1.82) is 0 Å². The molecule has 1 atom stereocenters. The third-order valence-corrected chi connectivity index (χ3v) is 7.17. The van der Waals surface area contributed by atoms with Crippen LogP contribution < -0.4 is 5.32 Å². The van der Waals surface area contributed by atoms with E-state index in [9.17, 15) is 4.79 Å². The smallest absolute Gasteiger partial charge is 0.225 e. The Morgan fingerprint density at radius 3 is 2.40 bits per heavy atom. The van der Waals surface area contributed by atoms with E-state index in [2.05, 4.69) is 29.0 Å². The molecule has 1 saturated carbocycles. The number of carbonyl (C=O) groups is 1. The standard InChI is InChI=1S/C21H39N3O/c1-4-6-18(7-10-22-3)20(25)24-15-21(16-24)13-19(14-21)23-11-8-17(5-2)9-12-23/h17-19,22H,4-16H2,1-3H3. The first-order valence-corrected chi connectivity index (χ1v) is 10.8. The van der Waals surface area contributed by atoms with E-state index < -0.39 is 0 Å². The summed E-state index contributed by atoms with van der Waals surface area (Å²) in [6, 6.07) is 0.811. The van der Waals surface area contributed by atoms with E-state index in [4.69, 9.17) is 0 Å². The second kappa shape index (κ2) is 8.39. The summed E-state index contributed by atoms with van der Waals surface area (Å²) in [5, 5.41) is 3.20. The number of carbonyl (C=O) groups excluding carboxylic acids is 1. The molecule has 1 unspecified atom stereocenters. The van der Waals surface area contributed by atoms with Crippen LogP contribution in [-0.4, -0.2) is 61.5 Å². The monoisotopic (exact) mass is 349 g/mol. The van der Waals surface area contributed by atoms with Gasteiger partial charge >= 0.3 is 0 Å². The molecule has 1 N–H and O–H groups in total. The number of nitrogens with zero attached hydrogens (tertiary/aromatic N) is 2. The molecule has 3 fully saturated rings. The van der Waals surface area contributed by atoms with Gasteiger partial charge in [0.15, 0.2) is 0 Å². The molecule has 1 aliphatic carbocycles. The van der Waals surface area contributed by atoms with Crippen LogP contribution in [0.2, 0.25) is 0 Å². The van der Waals surface area contributed by atoms with Crippen LogP contribution in [-0.2, 0) is 4.79 Å². The van der Waals surface area contributed by atoms with Gasteiger partial charge in [0.25, 0.3) is 0 Å². The number of nitrogens with one attached hydrogen (secondary N) is 1. The van der Waals surface area contributed by atoms with Crippen molar-refractivity contribution >= 4 is 5.91 Å². The van der Waals surface area contributed by atoms with E-state index in [1.807, 2.05) is 7.05 Å². The van der Waals surface area contributed by atoms with Crippen molar-refractivity contribution in [2.24, 2.45) is 17.3 Å². The van der Waals surface area contributed by atoms with Gasteiger partial charge in [-0.3, -0.25) is 4.79 Å². The van der Waals surface area contributed by atoms with Gasteiger partial charge in [0, 0.05) is 30.5 Å². The van der Waals surface area contributed by atoms with Crippen LogP contribution in [0.15, 0.2) is 0 Å². The van der Waals surface area contributed by atoms with Gasteiger partial charge in [-0.15, -0.1) is 0 Å². The predicted octanol–water partition coefficient (Wildman–Crippen LogP) is 3.13. The average molecular weight is 350 g/mol. The Morgan fingerprint density at radius 2 is 1.84 bits per heavy atom. The van der Waals surface area contributed by atoms with E-state index >= 15 is 0 Å². The molecule has 25 heavy (non-hydrogen) atoms. The van der Waals surface area contributed by atoms with Crippen molar-refractivity contribution in [2.45, 2.75) is 71.3 Å². The van der Waals surface area contributed by atoms with Crippen LogP contribution in [0.3, 0.4) is 0 Å². The van der Waals surface area contributed by atoms with Gasteiger partial charge in [-0.25, -0.2) is 0 Å². The first kappa shape index (κ1) is 19.2. The summed E-state index contributed by atoms with van der Waals surface area (Å²) in [6.07, 6.45) is 9.95. The van der Waals surface area contributed by atoms with Crippen molar-refractivity contribution in [1.82, 2.24) is 15.1 Å². The summed E-state index contributed by atoms with van der Waals surface area (Å²) in [4.78, 5) is 17.7. The second-order valence-electron chi connectivity index (χ2n) is 9.02. The zero-order valence-electron chi connectivity index (χ0n) is 16.7. The van der Waals surface area contributed by atoms with Crippen LogP contribution >= 0.6 is 0 Å². The highest BCUT2D eigenvalue weighted by atomic mass is 16.2. The van der Waals surface area contributed by atoms with E-state index in [1.165, 1.54) is 45.2 Å². The van der Waals surface area contributed by atoms with Crippen LogP contribution in [0.1, 0.15) is 65.2 Å². The highest BCUT2D eigenvalue weighted by Crippen LogP contribution is 2.51. The van der Waals surface area contributed by atoms with Crippen LogP contribution in [0.5, 0.6) is 0 Å². The van der Waals surface area contributed by atoms with Gasteiger partial charge < -0.3 is 15.1 Å². The Bertz CT molecular complexity index is 430. The van der Waals surface area contributed by atoms with Gasteiger partial charge in [-0.1, -0.05) is 26.7 Å². The van der Waals surface area contributed by atoms with Crippen molar-refractivity contribution in [2.75, 3.05) is 39.8 Å². The topological polar surface area (TPSA) is 35.6 Å². The molecule has 1 spiro atoms. The SMILES string of the molecule is CCCC(CCNC)C(=O)N1CC2(CC(N3CCC(CC)CC3)C2)C1. The van der Waals surface area contributed by atoms with E-state index in [1.54, 1.807) is 0 Å². The van der Waals surface area contributed by atoms with Gasteiger partial charge in [-0.2, -0.15) is 0 Å². The largest absolute Gasteiger partial charge is 0.341 e. The zero-order chi connectivity index (χ0) is 17.9. The fraction of sp³-hybridized carbons (Fsp3) is 0.952. The molecule has 2 heterocycles. The number of piperidine rings is 1. The molecular formula is C21H39N3O. The summed E-state index contributed by atoms with van der Waals surface area (Å²) in [5.74, 6) is 1.63. The Labute approximate surface area is 154 Å². The number of hydrogen-bond acceptors (Lipinski definition) is 3. The molecule has 144 valence electrons. The minimum atomic E-state index is 0.235. The molecule has 2 saturated heterocycles. The van der Waals surface area contributed by atoms with Crippen molar-refractivity contribution < 1.29 is 4.79 Å². The first-order chi connectivity index (χ1) is 12.1. The average Bonchev–Trinajstić information content (AvgIpc) is 2.56. The number of amides is 1. The molecule has 0 aromatic rings. The maximum Gasteiger partial charge on any atom is 0.225 e. The van der Waals surface area contributed by atoms with Gasteiger partial charge in [0.2, 0.25) is 5.91 Å². The summed E-state index contributed by atoms with van der Waals surface area (Å²) in [6.45, 7) is 10.2. The van der Waals surface area contributed by atoms with Crippen molar-refractivity contribution in [3.05, 3.63) is 0 Å². The number of rotatable bonds is 8. The molecule has 4 nitrogen and oxygen atoms in total. The Morgan fingerprint density at radius 1 is 1.16 bits per heavy atom. The first-order valence-electron chi connectivity index (χ1n) is 10.8. The highest BCUT2D eigenvalue weighted by Gasteiger charge is 2.55. The molecule has 4 heteroatoms. The molecule has 0 aromatic heterocycles. The lowest BCUT2D eigenvalue weighted by atomic mass is 9.59. The van der Waals surface area contributed by atoms with E-state index in [0.717, 1.165) is 50.9 Å². The van der Waals surface area contributed by atoms with E-state index in [0.29, 0.717) is 11.3 Å². The molecule has 1 amide bonds. The third-order valence-electron chi connectivity index (χ3n) is 7.17. The molecule has 0 aromatic carbocycles. The molecule has 2 aliphatic heterocycles. The fourth-order valence-corrected chi connectivity index (χ4v) is 5.42. The maximum absolute atomic E-state index is 12.8. The molecule has 0 radical (unpaired) electrons. The Balaban J connectivity index is 1.40. The molecule has 3 aliphatic rings. The second-order valence-corrected chi connectivity index (χ2v) is 9.02. The van der Waals surface area contributed by atoms with Crippen molar-refractivity contribution in [3.63, 3.8) is 0 Å². The minimum Gasteiger partial charge on any atom is -0.341 e. The van der Waals surface area contributed by atoms with Crippen LogP contribution in [0.25, 0.3) is 0 Å². The minimum absolute atomic E-state index is 0.235. The summed E-state index contributed by atoms with van der Waals surface area (Å²) < 4.78 is 0. The van der Waals surface area contributed by atoms with Gasteiger partial charge in [-0.05, 0) is 71.1 Å². The molecular weight excluding hydrogens is 310 g/mol. The lowest BCUT2D eigenvalue weighted by molar-refractivity contribution is -0.162. The summed E-state index contributed by atoms with van der Waals surface area (Å²) >= 11 is 0. The third kappa shape index (κ3) is 4.21. The van der Waals surface area contributed by atoms with Gasteiger partial charge in [0.05, 0.1) is 0 Å². The lowest BCUT2D eigenvalue weighted by Crippen LogP contribution is -2.68. The normalized spacial score (nSPS) is 25.6. The quantitative estimate of drug-likeness (QED) is 0.731. The maximum atomic E-state index is 12.8. The number of hydrogen-bond donors (Lipinski definition) is 1. The number of likely N-dealkylation sites (tertiary alicyclic amines) is 2. The zero-order valence-corrected chi connectivity index (χ0v) is 16.7. The lowest BCUT2D eigenvalue weighted by Gasteiger charge is -2.62.